The van der Waals surface area contributed by atoms with E-state index in [0.29, 0.717) is 25.6 Å². The van der Waals surface area contributed by atoms with E-state index in [9.17, 15) is 9.59 Å². The molecule has 4 nitrogen and oxygen atoms in total. The average Bonchev–Trinajstić information content (AvgIpc) is 2.68. The van der Waals surface area contributed by atoms with Crippen LogP contribution in [0.15, 0.2) is 40.9 Å². The number of carbonyl (C=O) groups excluding carboxylic acids is 2. The molecule has 164 valence electrons. The predicted octanol–water partition coefficient (Wildman–Crippen LogP) is 3.68. The van der Waals surface area contributed by atoms with Gasteiger partial charge in [-0.15, -0.1) is 0 Å². The van der Waals surface area contributed by atoms with E-state index in [-0.39, 0.29) is 59.4 Å². The molecule has 0 radical (unpaired) electrons. The van der Waals surface area contributed by atoms with Crippen molar-refractivity contribution in [2.75, 3.05) is 14.2 Å². The van der Waals surface area contributed by atoms with Gasteiger partial charge in [0.15, 0.2) is 0 Å². The Kier molecular flexibility index (Phi) is 25.4. The molecule has 0 spiro atoms. The molecule has 2 aromatic rings. The van der Waals surface area contributed by atoms with E-state index in [4.69, 9.17) is 23.2 Å². The Labute approximate surface area is 225 Å². The summed E-state index contributed by atoms with van der Waals surface area (Å²) in [7, 11) is 2.71. The Morgan fingerprint density at radius 3 is 1.73 bits per heavy atom. The molecule has 0 fully saturated rings. The number of hydrogen-bond donors (Lipinski definition) is 0. The Hall–Kier alpha value is -0.314. The molecule has 9 heteroatoms. The first-order valence-corrected chi connectivity index (χ1v) is 9.49. The van der Waals surface area contributed by atoms with Gasteiger partial charge in [-0.05, 0) is 64.3 Å². The van der Waals surface area contributed by atoms with Crippen LogP contribution in [0.3, 0.4) is 0 Å². The minimum absolute atomic E-state index is 0. The molecule has 0 aliphatic rings. The van der Waals surface area contributed by atoms with Crippen molar-refractivity contribution >= 4 is 74.1 Å². The van der Waals surface area contributed by atoms with Gasteiger partial charge in [0, 0.05) is 14.5 Å². The summed E-state index contributed by atoms with van der Waals surface area (Å²) >= 11 is 14.7. The summed E-state index contributed by atoms with van der Waals surface area (Å²) in [5.41, 5.74) is 1.98. The van der Waals surface area contributed by atoms with Crippen LogP contribution in [0.2, 0.25) is 10.0 Å². The summed E-state index contributed by atoms with van der Waals surface area (Å²) in [6.07, 6.45) is 0.769. The van der Waals surface area contributed by atoms with E-state index in [1.165, 1.54) is 14.2 Å². The second-order valence-corrected chi connectivity index (χ2v) is 6.49. The minimum Gasteiger partial charge on any atom is -1.00 e. The summed E-state index contributed by atoms with van der Waals surface area (Å²) < 4.78 is 9.82. The third kappa shape index (κ3) is 12.5. The van der Waals surface area contributed by atoms with Gasteiger partial charge in [-0.2, -0.15) is 6.92 Å². The molecule has 0 aliphatic carbocycles. The summed E-state index contributed by atoms with van der Waals surface area (Å²) in [5, 5.41) is 1.22. The Balaban J connectivity index is -0.000000191. The number of halogens is 4. The smallest absolute Gasteiger partial charge is 1.00 e. The van der Waals surface area contributed by atoms with Crippen LogP contribution in [0.1, 0.15) is 47.6 Å². The largest absolute Gasteiger partial charge is 2.00 e. The third-order valence-electron chi connectivity index (χ3n) is 3.19. The van der Waals surface area contributed by atoms with Gasteiger partial charge < -0.3 is 33.4 Å². The quantitative estimate of drug-likeness (QED) is 0.308. The fraction of sp³-hybridized carbons (Fsp3) is 0.286. The summed E-state index contributed by atoms with van der Waals surface area (Å²) in [6, 6.07) is 10.1. The van der Waals surface area contributed by atoms with E-state index in [2.05, 4.69) is 32.3 Å². The fourth-order valence-electron chi connectivity index (χ4n) is 1.93. The van der Waals surface area contributed by atoms with Crippen molar-refractivity contribution < 1.29 is 36.0 Å². The zero-order chi connectivity index (χ0) is 21.0. The van der Waals surface area contributed by atoms with Gasteiger partial charge in [0.05, 0.1) is 25.3 Å². The van der Waals surface area contributed by atoms with Crippen molar-refractivity contribution in [2.24, 2.45) is 0 Å². The van der Waals surface area contributed by atoms with Crippen molar-refractivity contribution in [3.05, 3.63) is 74.5 Å². The average molecular weight is 597 g/mol. The zero-order valence-corrected chi connectivity index (χ0v) is 22.8. The first-order chi connectivity index (χ1) is 12.8. The van der Waals surface area contributed by atoms with E-state index in [0.717, 1.165) is 12.0 Å². The molecule has 0 N–H and O–H groups in total. The molecule has 0 amide bonds. The molecule has 0 saturated heterocycles. The molecular weight excluding hydrogens is 571 g/mol. The molecule has 0 saturated carbocycles. The SMILES string of the molecule is C.CCc1cc(Cl)ccc1C(=O)OC.COC(=O)c1ccc(Cl)cc1Br.[Br-].[CH2-]C.[Mg+2]. The number of rotatable bonds is 3. The number of aryl methyl sites for hydroxylation is 1. The maximum Gasteiger partial charge on any atom is 2.00 e. The van der Waals surface area contributed by atoms with Crippen molar-refractivity contribution in [3.8, 4) is 0 Å². The maximum absolute atomic E-state index is 11.2. The van der Waals surface area contributed by atoms with Crippen LogP contribution in [0.4, 0.5) is 0 Å². The van der Waals surface area contributed by atoms with Gasteiger partial charge in [-0.1, -0.05) is 37.6 Å². The van der Waals surface area contributed by atoms with Gasteiger partial charge in [-0.25, -0.2) is 9.59 Å². The molecule has 2 aromatic carbocycles. The van der Waals surface area contributed by atoms with Crippen molar-refractivity contribution in [1.29, 1.82) is 0 Å². The minimum atomic E-state index is -0.376. The van der Waals surface area contributed by atoms with E-state index >= 15 is 0 Å². The van der Waals surface area contributed by atoms with Gasteiger partial charge in [-0.3, -0.25) is 0 Å². The van der Waals surface area contributed by atoms with Crippen molar-refractivity contribution in [1.82, 2.24) is 0 Å². The van der Waals surface area contributed by atoms with Crippen molar-refractivity contribution in [3.63, 3.8) is 0 Å². The summed E-state index contributed by atoms with van der Waals surface area (Å²) in [6.45, 7) is 6.97. The first-order valence-electron chi connectivity index (χ1n) is 7.94. The van der Waals surface area contributed by atoms with E-state index in [1.54, 1.807) is 43.3 Å². The molecule has 0 bridgehead atoms. The van der Waals surface area contributed by atoms with Gasteiger partial charge in [0.2, 0.25) is 0 Å². The van der Waals surface area contributed by atoms with Crippen LogP contribution in [0.5, 0.6) is 0 Å². The molecule has 0 unspecified atom stereocenters. The van der Waals surface area contributed by atoms with Crippen LogP contribution < -0.4 is 17.0 Å². The topological polar surface area (TPSA) is 52.6 Å². The Morgan fingerprint density at radius 2 is 1.33 bits per heavy atom. The van der Waals surface area contributed by atoms with Crippen LogP contribution in [0.25, 0.3) is 0 Å². The summed E-state index contributed by atoms with van der Waals surface area (Å²) in [5.74, 6) is -0.688. The fourth-order valence-corrected chi connectivity index (χ4v) is 2.97. The van der Waals surface area contributed by atoms with Crippen LogP contribution in [-0.2, 0) is 15.9 Å². The molecule has 0 heterocycles. The molecule has 30 heavy (non-hydrogen) atoms. The normalized spacial score (nSPS) is 8.27. The number of benzene rings is 2. The van der Waals surface area contributed by atoms with Crippen LogP contribution >= 0.6 is 39.1 Å². The first kappa shape index (κ1) is 37.0. The van der Waals surface area contributed by atoms with E-state index in [1.807, 2.05) is 6.92 Å². The van der Waals surface area contributed by atoms with Gasteiger partial charge >= 0.3 is 35.0 Å². The third-order valence-corrected chi connectivity index (χ3v) is 4.32. The Bertz CT molecular complexity index is 775. The molecule has 0 aromatic heterocycles. The standard InChI is InChI=1S/C10H11ClO2.C8H6BrClO2.C2H5.CH4.BrH.Mg/c1-3-7-6-8(11)4-5-9(7)10(12)13-2;1-12-8(11)6-3-2-5(10)4-7(6)9;1-2;;;/h4-6H,3H2,1-2H3;2-4H,1H3;1H2,2H3;1H4;1H;/q;;-1;;;+2/p-1. The van der Waals surface area contributed by atoms with Crippen molar-refractivity contribution in [2.45, 2.75) is 27.7 Å². The molecular formula is C21H26Br2Cl2MgO4. The molecule has 0 aliphatic heterocycles. The number of ether oxygens (including phenoxy) is 2. The second kappa shape index (κ2) is 20.6. The monoisotopic (exact) mass is 594 g/mol. The summed E-state index contributed by atoms with van der Waals surface area (Å²) in [4.78, 5) is 22.3. The second-order valence-electron chi connectivity index (χ2n) is 4.76. The van der Waals surface area contributed by atoms with Gasteiger partial charge in [0.25, 0.3) is 0 Å². The number of hydrogen-bond acceptors (Lipinski definition) is 4. The predicted molar refractivity (Wildman–Crippen MR) is 126 cm³/mol. The van der Waals surface area contributed by atoms with E-state index < -0.39 is 0 Å². The number of methoxy groups -OCH3 is 2. The number of carbonyl (C=O) groups is 2. The maximum atomic E-state index is 11.2. The molecule has 2 rings (SSSR count). The number of esters is 2. The van der Waals surface area contributed by atoms with Gasteiger partial charge in [0.1, 0.15) is 0 Å². The molecule has 0 atom stereocenters. The zero-order valence-electron chi connectivity index (χ0n) is 16.7. The van der Waals surface area contributed by atoms with Crippen LogP contribution in [0, 0.1) is 6.92 Å². The van der Waals surface area contributed by atoms with Crippen LogP contribution in [-0.4, -0.2) is 49.2 Å². The Morgan fingerprint density at radius 1 is 0.933 bits per heavy atom.